The van der Waals surface area contributed by atoms with Crippen molar-refractivity contribution >= 4 is 17.8 Å². The van der Waals surface area contributed by atoms with E-state index < -0.39 is 24.6 Å². The van der Waals surface area contributed by atoms with Gasteiger partial charge in [0, 0.05) is 24.2 Å². The van der Waals surface area contributed by atoms with E-state index in [0.29, 0.717) is 11.3 Å². The van der Waals surface area contributed by atoms with Crippen LogP contribution in [0.2, 0.25) is 0 Å². The number of amides is 2. The Morgan fingerprint density at radius 2 is 2.04 bits per heavy atom. The van der Waals surface area contributed by atoms with Gasteiger partial charge in [0.1, 0.15) is 5.69 Å². The summed E-state index contributed by atoms with van der Waals surface area (Å²) in [6.45, 7) is 1.42. The first-order valence-corrected chi connectivity index (χ1v) is 7.93. The van der Waals surface area contributed by atoms with Gasteiger partial charge >= 0.3 is 12.1 Å². The number of pyridine rings is 1. The summed E-state index contributed by atoms with van der Waals surface area (Å²) in [5.74, 6) is -1.39. The van der Waals surface area contributed by atoms with Crippen molar-refractivity contribution in [3.05, 3.63) is 35.2 Å². The molecule has 1 aliphatic heterocycles. The fraction of sp³-hybridized carbons (Fsp3) is 0.312. The Labute approximate surface area is 156 Å². The van der Waals surface area contributed by atoms with Crippen LogP contribution in [0, 0.1) is 6.92 Å². The molecule has 9 nitrogen and oxygen atoms in total. The number of rotatable bonds is 4. The third-order valence-electron chi connectivity index (χ3n) is 3.40. The smallest absolute Gasteiger partial charge is 0.422 e. The molecular formula is C16H14F3N5O4. The van der Waals surface area contributed by atoms with E-state index in [4.69, 9.17) is 4.84 Å². The molecule has 0 bridgehead atoms. The maximum atomic E-state index is 12.6. The summed E-state index contributed by atoms with van der Waals surface area (Å²) < 4.78 is 41.3. The van der Waals surface area contributed by atoms with Gasteiger partial charge in [-0.15, -0.1) is 0 Å². The van der Waals surface area contributed by atoms with E-state index in [0.717, 1.165) is 5.06 Å². The van der Waals surface area contributed by atoms with Crippen LogP contribution in [0.4, 0.5) is 19.1 Å². The summed E-state index contributed by atoms with van der Waals surface area (Å²) in [5.41, 5.74) is 0.901. The molecule has 3 heterocycles. The van der Waals surface area contributed by atoms with Gasteiger partial charge in [0.05, 0.1) is 6.54 Å². The fourth-order valence-electron chi connectivity index (χ4n) is 2.31. The minimum Gasteiger partial charge on any atom is -0.468 e. The molecule has 2 aromatic rings. The largest absolute Gasteiger partial charge is 0.468 e. The van der Waals surface area contributed by atoms with Crippen molar-refractivity contribution in [1.82, 2.24) is 20.0 Å². The number of halogens is 3. The Hall–Kier alpha value is -3.44. The summed E-state index contributed by atoms with van der Waals surface area (Å²) in [7, 11) is 0. The summed E-state index contributed by atoms with van der Waals surface area (Å²) >= 11 is 0. The van der Waals surface area contributed by atoms with Crippen molar-refractivity contribution < 1.29 is 32.3 Å². The molecule has 1 N–H and O–H groups in total. The zero-order chi connectivity index (χ0) is 20.5. The van der Waals surface area contributed by atoms with Gasteiger partial charge in [0.2, 0.25) is 17.7 Å². The Bertz CT molecular complexity index is 935. The van der Waals surface area contributed by atoms with Crippen molar-refractivity contribution in [3.63, 3.8) is 0 Å². The van der Waals surface area contributed by atoms with Crippen LogP contribution in [-0.4, -0.2) is 44.6 Å². The van der Waals surface area contributed by atoms with E-state index in [-0.39, 0.29) is 29.9 Å². The Kier molecular flexibility index (Phi) is 5.03. The number of ether oxygens (including phenoxy) is 1. The highest BCUT2D eigenvalue weighted by atomic mass is 19.4. The number of hydroxylamine groups is 2. The molecule has 12 heteroatoms. The van der Waals surface area contributed by atoms with Crippen LogP contribution in [0.15, 0.2) is 18.2 Å². The Morgan fingerprint density at radius 1 is 1.29 bits per heavy atom. The van der Waals surface area contributed by atoms with Crippen LogP contribution < -0.4 is 14.9 Å². The number of anilines is 1. The quantitative estimate of drug-likeness (QED) is 0.841. The highest BCUT2D eigenvalue weighted by molar-refractivity contribution is 5.93. The Morgan fingerprint density at radius 3 is 2.71 bits per heavy atom. The van der Waals surface area contributed by atoms with Crippen LogP contribution in [-0.2, 0) is 11.3 Å². The molecule has 0 aliphatic carbocycles. The van der Waals surface area contributed by atoms with Gasteiger partial charge in [-0.25, -0.2) is 9.97 Å². The van der Waals surface area contributed by atoms with Crippen molar-refractivity contribution in [1.29, 1.82) is 0 Å². The van der Waals surface area contributed by atoms with Gasteiger partial charge in [0.15, 0.2) is 6.61 Å². The van der Waals surface area contributed by atoms with E-state index in [9.17, 15) is 22.8 Å². The molecule has 2 aromatic heterocycles. The van der Waals surface area contributed by atoms with Crippen LogP contribution in [0.5, 0.6) is 11.8 Å². The van der Waals surface area contributed by atoms with Gasteiger partial charge in [-0.05, 0) is 19.1 Å². The summed E-state index contributed by atoms with van der Waals surface area (Å²) in [6, 6.07) is 4.12. The number of hydrogen-bond donors (Lipinski definition) is 1. The second-order valence-electron chi connectivity index (χ2n) is 5.85. The number of nitrogens with one attached hydrogen (secondary N) is 1. The molecule has 148 valence electrons. The number of hydrogen-bond acceptors (Lipinski definition) is 7. The van der Waals surface area contributed by atoms with Crippen molar-refractivity contribution in [3.8, 4) is 11.8 Å². The predicted octanol–water partition coefficient (Wildman–Crippen LogP) is 2.03. The number of aromatic nitrogens is 3. The zero-order valence-corrected chi connectivity index (χ0v) is 14.7. The maximum absolute atomic E-state index is 12.6. The van der Waals surface area contributed by atoms with Crippen LogP contribution in [0.3, 0.4) is 0 Å². The first-order valence-electron chi connectivity index (χ1n) is 7.93. The fourth-order valence-corrected chi connectivity index (χ4v) is 2.31. The number of fused-ring (bicyclic) bond motifs is 1. The molecule has 1 aliphatic rings. The number of carbonyl (C=O) groups excluding carboxylic acids is 2. The highest BCUT2D eigenvalue weighted by Crippen LogP contribution is 2.29. The van der Waals surface area contributed by atoms with Crippen molar-refractivity contribution in [2.45, 2.75) is 26.6 Å². The van der Waals surface area contributed by atoms with Crippen LogP contribution in [0.25, 0.3) is 0 Å². The van der Waals surface area contributed by atoms with Gasteiger partial charge in [-0.1, -0.05) is 0 Å². The van der Waals surface area contributed by atoms with Gasteiger partial charge in [-0.2, -0.15) is 23.2 Å². The first kappa shape index (κ1) is 19.3. The molecule has 0 unspecified atom stereocenters. The lowest BCUT2D eigenvalue weighted by Gasteiger charge is -2.14. The standard InChI is InChI=1S/C16H14F3N5O4/c1-8-5-11(22-15(20-8)21-9(2)25)14(26)24-6-10-3-4-12(23-13(10)28-24)27-7-16(17,18)19/h3-5H,6-7H2,1-2H3,(H,20,21,22,25). The lowest BCUT2D eigenvalue weighted by atomic mass is 10.2. The predicted molar refractivity (Wildman–Crippen MR) is 87.4 cm³/mol. The third-order valence-corrected chi connectivity index (χ3v) is 3.40. The molecule has 0 saturated heterocycles. The van der Waals surface area contributed by atoms with Crippen LogP contribution in [0.1, 0.15) is 28.7 Å². The van der Waals surface area contributed by atoms with Crippen molar-refractivity contribution in [2.75, 3.05) is 11.9 Å². The average molecular weight is 397 g/mol. The molecule has 0 saturated carbocycles. The number of aryl methyl sites for hydroxylation is 1. The summed E-state index contributed by atoms with van der Waals surface area (Å²) in [5, 5.41) is 3.34. The Balaban J connectivity index is 1.74. The number of alkyl halides is 3. The second kappa shape index (κ2) is 7.29. The van der Waals surface area contributed by atoms with E-state index in [1.54, 1.807) is 6.92 Å². The van der Waals surface area contributed by atoms with E-state index in [1.807, 2.05) is 0 Å². The lowest BCUT2D eigenvalue weighted by molar-refractivity contribution is -0.154. The summed E-state index contributed by atoms with van der Waals surface area (Å²) in [4.78, 5) is 40.9. The molecular weight excluding hydrogens is 383 g/mol. The minimum absolute atomic E-state index is 0.0131. The molecule has 28 heavy (non-hydrogen) atoms. The summed E-state index contributed by atoms with van der Waals surface area (Å²) in [6.07, 6.45) is -4.50. The molecule has 0 spiro atoms. The normalized spacial score (nSPS) is 13.0. The topological polar surface area (TPSA) is 107 Å². The maximum Gasteiger partial charge on any atom is 0.422 e. The highest BCUT2D eigenvalue weighted by Gasteiger charge is 2.31. The molecule has 0 atom stereocenters. The SMILES string of the molecule is CC(=O)Nc1nc(C)cc(C(=O)N2Cc3ccc(OCC(F)(F)F)nc3O2)n1. The first-order chi connectivity index (χ1) is 13.1. The van der Waals surface area contributed by atoms with Crippen LogP contribution >= 0.6 is 0 Å². The zero-order valence-electron chi connectivity index (χ0n) is 14.7. The lowest BCUT2D eigenvalue weighted by Crippen LogP contribution is -2.30. The van der Waals surface area contributed by atoms with Gasteiger partial charge in [0.25, 0.3) is 5.88 Å². The molecule has 0 radical (unpaired) electrons. The van der Waals surface area contributed by atoms with E-state index >= 15 is 0 Å². The second-order valence-corrected chi connectivity index (χ2v) is 5.85. The van der Waals surface area contributed by atoms with Crippen molar-refractivity contribution in [2.24, 2.45) is 0 Å². The third kappa shape index (κ3) is 4.64. The number of nitrogens with zero attached hydrogens (tertiary/aromatic N) is 4. The van der Waals surface area contributed by atoms with Gasteiger partial charge in [-0.3, -0.25) is 14.9 Å². The van der Waals surface area contributed by atoms with Gasteiger partial charge < -0.3 is 9.57 Å². The molecule has 2 amide bonds. The monoisotopic (exact) mass is 397 g/mol. The number of carbonyl (C=O) groups is 2. The molecule has 3 rings (SSSR count). The minimum atomic E-state index is -4.50. The molecule has 0 fully saturated rings. The van der Waals surface area contributed by atoms with E-state index in [1.165, 1.54) is 25.1 Å². The average Bonchev–Trinajstić information content (AvgIpc) is 3.00. The molecule has 0 aromatic carbocycles. The van der Waals surface area contributed by atoms with E-state index in [2.05, 4.69) is 25.0 Å².